The van der Waals surface area contributed by atoms with Crippen molar-refractivity contribution in [1.82, 2.24) is 15.1 Å². The Kier molecular flexibility index (Phi) is 4.60. The fourth-order valence-corrected chi connectivity index (χ4v) is 2.89. The van der Waals surface area contributed by atoms with Crippen molar-refractivity contribution in [3.8, 4) is 0 Å². The second-order valence-corrected chi connectivity index (χ2v) is 5.29. The summed E-state index contributed by atoms with van der Waals surface area (Å²) < 4.78 is 1.90. The summed E-state index contributed by atoms with van der Waals surface area (Å²) in [6.45, 7) is 3.37. The maximum absolute atomic E-state index is 4.51. The van der Waals surface area contributed by atoms with E-state index >= 15 is 0 Å². The van der Waals surface area contributed by atoms with Crippen LogP contribution in [0.5, 0.6) is 0 Å². The molecule has 17 heavy (non-hydrogen) atoms. The molecule has 3 heteroatoms. The summed E-state index contributed by atoms with van der Waals surface area (Å²) in [4.78, 5) is 0. The second kappa shape index (κ2) is 6.20. The van der Waals surface area contributed by atoms with Crippen LogP contribution in [0.4, 0.5) is 0 Å². The zero-order chi connectivity index (χ0) is 12.1. The van der Waals surface area contributed by atoms with Gasteiger partial charge in [-0.3, -0.25) is 4.68 Å². The molecule has 2 rings (SSSR count). The minimum atomic E-state index is 0.632. The fraction of sp³-hybridized carbons (Fsp3) is 0.786. The van der Waals surface area contributed by atoms with Gasteiger partial charge in [-0.25, -0.2) is 0 Å². The molecule has 0 amide bonds. The molecule has 1 atom stereocenters. The lowest BCUT2D eigenvalue weighted by Crippen LogP contribution is -2.37. The molecular formula is C14H25N3. The molecule has 3 nitrogen and oxygen atoms in total. The highest BCUT2D eigenvalue weighted by Crippen LogP contribution is 2.29. The summed E-state index contributed by atoms with van der Waals surface area (Å²) >= 11 is 0. The van der Waals surface area contributed by atoms with E-state index < -0.39 is 0 Å². The Balaban J connectivity index is 1.94. The third-order valence-corrected chi connectivity index (χ3v) is 3.82. The van der Waals surface area contributed by atoms with Crippen molar-refractivity contribution in [2.24, 2.45) is 13.0 Å². The van der Waals surface area contributed by atoms with E-state index in [1.54, 1.807) is 0 Å². The summed E-state index contributed by atoms with van der Waals surface area (Å²) in [7, 11) is 1.99. The summed E-state index contributed by atoms with van der Waals surface area (Å²) in [5.74, 6) is 0.864. The summed E-state index contributed by atoms with van der Waals surface area (Å²) in [5.41, 5.74) is 1.23. The molecule has 0 spiro atoms. The maximum Gasteiger partial charge on any atom is 0.0640 e. The molecule has 0 bridgehead atoms. The van der Waals surface area contributed by atoms with Gasteiger partial charge in [-0.15, -0.1) is 0 Å². The molecule has 1 aromatic heterocycles. The normalized spacial score (nSPS) is 18.7. The Bertz CT molecular complexity index is 326. The van der Waals surface area contributed by atoms with Gasteiger partial charge in [0.05, 0.1) is 5.69 Å². The molecule has 1 saturated carbocycles. The Labute approximate surface area is 105 Å². The predicted octanol–water partition coefficient (Wildman–Crippen LogP) is 2.52. The summed E-state index contributed by atoms with van der Waals surface area (Å²) in [6, 6.07) is 2.78. The summed E-state index contributed by atoms with van der Waals surface area (Å²) in [5, 5.41) is 8.23. The molecule has 96 valence electrons. The van der Waals surface area contributed by atoms with E-state index in [4.69, 9.17) is 0 Å². The molecular weight excluding hydrogens is 210 g/mol. The number of rotatable bonds is 6. The van der Waals surface area contributed by atoms with Crippen molar-refractivity contribution in [2.75, 3.05) is 6.54 Å². The van der Waals surface area contributed by atoms with Crippen LogP contribution in [0, 0.1) is 5.92 Å². The first-order valence-corrected chi connectivity index (χ1v) is 7.01. The second-order valence-electron chi connectivity index (χ2n) is 5.29. The monoisotopic (exact) mass is 235 g/mol. The van der Waals surface area contributed by atoms with Crippen molar-refractivity contribution in [3.63, 3.8) is 0 Å². The average molecular weight is 235 g/mol. The van der Waals surface area contributed by atoms with E-state index in [9.17, 15) is 0 Å². The first-order chi connectivity index (χ1) is 8.29. The smallest absolute Gasteiger partial charge is 0.0640 e. The van der Waals surface area contributed by atoms with Gasteiger partial charge in [0.2, 0.25) is 0 Å². The van der Waals surface area contributed by atoms with Gasteiger partial charge in [-0.1, -0.05) is 19.8 Å². The van der Waals surface area contributed by atoms with E-state index in [1.807, 2.05) is 17.9 Å². The van der Waals surface area contributed by atoms with Gasteiger partial charge in [0.15, 0.2) is 0 Å². The number of hydrogen-bond donors (Lipinski definition) is 1. The first-order valence-electron chi connectivity index (χ1n) is 7.01. The molecule has 1 heterocycles. The maximum atomic E-state index is 4.51. The number of nitrogens with one attached hydrogen (secondary N) is 1. The molecule has 0 aromatic carbocycles. The lowest BCUT2D eigenvalue weighted by molar-refractivity contribution is 0.354. The zero-order valence-electron chi connectivity index (χ0n) is 11.2. The van der Waals surface area contributed by atoms with Crippen LogP contribution < -0.4 is 5.32 Å². The van der Waals surface area contributed by atoms with Crippen LogP contribution in [0.2, 0.25) is 0 Å². The first kappa shape index (κ1) is 12.6. The number of nitrogens with zero attached hydrogens (tertiary/aromatic N) is 2. The highest BCUT2D eigenvalue weighted by molar-refractivity contribution is 5.02. The Morgan fingerprint density at radius 1 is 1.47 bits per heavy atom. The third kappa shape index (κ3) is 3.56. The lowest BCUT2D eigenvalue weighted by atomic mass is 9.94. The van der Waals surface area contributed by atoms with Crippen molar-refractivity contribution < 1.29 is 0 Å². The van der Waals surface area contributed by atoms with Crippen molar-refractivity contribution >= 4 is 0 Å². The van der Waals surface area contributed by atoms with Gasteiger partial charge in [-0.05, 0) is 37.8 Å². The molecule has 1 aliphatic carbocycles. The topological polar surface area (TPSA) is 29.9 Å². The van der Waals surface area contributed by atoms with E-state index in [0.717, 1.165) is 18.9 Å². The van der Waals surface area contributed by atoms with Crippen LogP contribution in [0.25, 0.3) is 0 Å². The molecule has 0 radical (unpaired) electrons. The number of aromatic nitrogens is 2. The Morgan fingerprint density at radius 3 is 2.82 bits per heavy atom. The number of aryl methyl sites for hydroxylation is 1. The SMILES string of the molecule is CCCNC(Cc1ccn(C)n1)C1CCCC1. The van der Waals surface area contributed by atoms with Crippen LogP contribution in [-0.4, -0.2) is 22.4 Å². The van der Waals surface area contributed by atoms with Crippen LogP contribution >= 0.6 is 0 Å². The zero-order valence-corrected chi connectivity index (χ0v) is 11.2. The van der Waals surface area contributed by atoms with Crippen LogP contribution in [0.3, 0.4) is 0 Å². The van der Waals surface area contributed by atoms with Gasteiger partial charge in [0.1, 0.15) is 0 Å². The molecule has 1 aromatic rings. The van der Waals surface area contributed by atoms with Gasteiger partial charge >= 0.3 is 0 Å². The van der Waals surface area contributed by atoms with Gasteiger partial charge in [-0.2, -0.15) is 5.10 Å². The largest absolute Gasteiger partial charge is 0.313 e. The minimum absolute atomic E-state index is 0.632. The van der Waals surface area contributed by atoms with Crippen LogP contribution in [0.1, 0.15) is 44.7 Å². The quantitative estimate of drug-likeness (QED) is 0.821. The lowest BCUT2D eigenvalue weighted by Gasteiger charge is -2.24. The minimum Gasteiger partial charge on any atom is -0.313 e. The Morgan fingerprint density at radius 2 is 2.24 bits per heavy atom. The molecule has 1 fully saturated rings. The van der Waals surface area contributed by atoms with Gasteiger partial charge < -0.3 is 5.32 Å². The summed E-state index contributed by atoms with van der Waals surface area (Å²) in [6.07, 6.45) is 9.97. The molecule has 1 unspecified atom stereocenters. The van der Waals surface area contributed by atoms with Crippen molar-refractivity contribution in [3.05, 3.63) is 18.0 Å². The van der Waals surface area contributed by atoms with Crippen molar-refractivity contribution in [1.29, 1.82) is 0 Å². The predicted molar refractivity (Wildman–Crippen MR) is 71.0 cm³/mol. The Hall–Kier alpha value is -0.830. The van der Waals surface area contributed by atoms with Crippen LogP contribution in [0.15, 0.2) is 12.3 Å². The van der Waals surface area contributed by atoms with Crippen molar-refractivity contribution in [2.45, 2.75) is 51.5 Å². The molecule has 1 N–H and O–H groups in total. The molecule has 0 saturated heterocycles. The van der Waals surface area contributed by atoms with E-state index in [2.05, 4.69) is 23.4 Å². The van der Waals surface area contributed by atoms with Crippen LogP contribution in [-0.2, 0) is 13.5 Å². The van der Waals surface area contributed by atoms with E-state index in [1.165, 1.54) is 37.8 Å². The standard InChI is InChI=1S/C14H25N3/c1-3-9-15-14(12-6-4-5-7-12)11-13-8-10-17(2)16-13/h8,10,12,14-15H,3-7,9,11H2,1-2H3. The van der Waals surface area contributed by atoms with Gasteiger partial charge in [0, 0.05) is 25.7 Å². The highest BCUT2D eigenvalue weighted by atomic mass is 15.2. The van der Waals surface area contributed by atoms with E-state index in [0.29, 0.717) is 6.04 Å². The highest BCUT2D eigenvalue weighted by Gasteiger charge is 2.25. The fourth-order valence-electron chi connectivity index (χ4n) is 2.89. The van der Waals surface area contributed by atoms with E-state index in [-0.39, 0.29) is 0 Å². The average Bonchev–Trinajstić information content (AvgIpc) is 2.95. The van der Waals surface area contributed by atoms with Gasteiger partial charge in [0.25, 0.3) is 0 Å². The molecule has 1 aliphatic rings. The molecule has 0 aliphatic heterocycles. The third-order valence-electron chi connectivity index (χ3n) is 3.82. The number of hydrogen-bond acceptors (Lipinski definition) is 2.